The van der Waals surface area contributed by atoms with Crippen molar-refractivity contribution in [1.29, 1.82) is 0 Å². The first-order chi connectivity index (χ1) is 7.90. The van der Waals surface area contributed by atoms with Crippen molar-refractivity contribution in [2.45, 2.75) is 39.7 Å². The van der Waals surface area contributed by atoms with Gasteiger partial charge in [-0.25, -0.2) is 15.6 Å². The van der Waals surface area contributed by atoms with Crippen LogP contribution in [0.4, 0.5) is 4.79 Å². The molecule has 17 heavy (non-hydrogen) atoms. The summed E-state index contributed by atoms with van der Waals surface area (Å²) in [5.74, 6) is 3.89. The highest BCUT2D eigenvalue weighted by atomic mass is 16.9. The van der Waals surface area contributed by atoms with Crippen LogP contribution in [0.5, 0.6) is 0 Å². The van der Waals surface area contributed by atoms with Crippen LogP contribution in [0.2, 0.25) is 0 Å². The number of hydrogen-bond acceptors (Lipinski definition) is 6. The number of ether oxygens (including phenoxy) is 3. The largest absolute Gasteiger partial charge is 0.429 e. The number of hydrogen-bond donors (Lipinski definition) is 1. The Hall–Kier alpha value is -1.18. The zero-order valence-corrected chi connectivity index (χ0v) is 10.6. The Bertz CT molecular complexity index is 253. The average Bonchev–Trinajstić information content (AvgIpc) is 2.27. The van der Waals surface area contributed by atoms with E-state index in [9.17, 15) is 9.59 Å². The topological polar surface area (TPSA) is 91.1 Å². The Labute approximate surface area is 101 Å². The lowest BCUT2D eigenvalue weighted by atomic mass is 10.4. The van der Waals surface area contributed by atoms with Crippen LogP contribution in [-0.2, 0) is 19.0 Å². The van der Waals surface area contributed by atoms with E-state index in [1.807, 2.05) is 0 Å². The van der Waals surface area contributed by atoms with E-state index in [1.165, 1.54) is 13.8 Å². The van der Waals surface area contributed by atoms with Crippen molar-refractivity contribution in [2.75, 3.05) is 13.2 Å². The molecule has 0 fully saturated rings. The zero-order chi connectivity index (χ0) is 13.5. The molecule has 7 nitrogen and oxygen atoms in total. The van der Waals surface area contributed by atoms with Crippen molar-refractivity contribution < 1.29 is 23.8 Å². The van der Waals surface area contributed by atoms with E-state index in [1.54, 1.807) is 13.8 Å². The number of amides is 1. The van der Waals surface area contributed by atoms with Gasteiger partial charge in [-0.3, -0.25) is 0 Å². The van der Waals surface area contributed by atoms with E-state index in [-0.39, 0.29) is 0 Å². The molecule has 0 aliphatic carbocycles. The molecule has 0 saturated heterocycles. The summed E-state index contributed by atoms with van der Waals surface area (Å²) >= 11 is 0. The number of hydrazine groups is 1. The van der Waals surface area contributed by atoms with Crippen LogP contribution < -0.4 is 5.84 Å². The van der Waals surface area contributed by atoms with E-state index >= 15 is 0 Å². The maximum atomic E-state index is 11.6. The molecule has 1 unspecified atom stereocenters. The van der Waals surface area contributed by atoms with Crippen LogP contribution in [0.3, 0.4) is 0 Å². The number of nitrogens with zero attached hydrogens (tertiary/aromatic N) is 1. The molecule has 0 radical (unpaired) electrons. The molecule has 0 aromatic heterocycles. The van der Waals surface area contributed by atoms with Crippen molar-refractivity contribution >= 4 is 12.4 Å². The van der Waals surface area contributed by atoms with Gasteiger partial charge in [-0.2, -0.15) is 0 Å². The molecule has 0 aromatic carbocycles. The second-order valence-corrected chi connectivity index (χ2v) is 3.38. The molecule has 0 aliphatic heterocycles. The van der Waals surface area contributed by atoms with Crippen molar-refractivity contribution in [3.8, 4) is 0 Å². The summed E-state index contributed by atoms with van der Waals surface area (Å²) in [7, 11) is 0. The summed E-state index contributed by atoms with van der Waals surface area (Å²) in [4.78, 5) is 22.0. The highest BCUT2D eigenvalue weighted by molar-refractivity contribution is 5.72. The second kappa shape index (κ2) is 7.21. The van der Waals surface area contributed by atoms with Crippen molar-refractivity contribution in [1.82, 2.24) is 5.01 Å². The lowest BCUT2D eigenvalue weighted by Gasteiger charge is -2.30. The fraction of sp³-hybridized carbons (Fsp3) is 0.800. The monoisotopic (exact) mass is 248 g/mol. The molecule has 0 saturated carbocycles. The SMILES string of the molecule is CCOC(C)(OCC)OC(=O)N(N)C(C)C=O. The number of nitrogens with two attached hydrogens (primary N) is 1. The fourth-order valence-electron chi connectivity index (χ4n) is 1.07. The third kappa shape index (κ3) is 5.12. The minimum Gasteiger partial charge on any atom is -0.390 e. The van der Waals surface area contributed by atoms with E-state index in [0.717, 1.165) is 0 Å². The highest BCUT2D eigenvalue weighted by Crippen LogP contribution is 2.16. The molecule has 1 atom stereocenters. The molecule has 100 valence electrons. The van der Waals surface area contributed by atoms with E-state index in [4.69, 9.17) is 20.1 Å². The highest BCUT2D eigenvalue weighted by Gasteiger charge is 2.33. The average molecular weight is 248 g/mol. The molecule has 0 heterocycles. The van der Waals surface area contributed by atoms with Gasteiger partial charge in [0.15, 0.2) is 0 Å². The lowest BCUT2D eigenvalue weighted by molar-refractivity contribution is -0.343. The van der Waals surface area contributed by atoms with Crippen LogP contribution in [0, 0.1) is 0 Å². The standard InChI is InChI=1S/C10H20N2O5/c1-5-15-10(4,16-6-2)17-9(14)12(11)8(3)7-13/h7-8H,5-6,11H2,1-4H3. The first-order valence-electron chi connectivity index (χ1n) is 5.40. The maximum Gasteiger partial charge on any atom is 0.429 e. The first-order valence-corrected chi connectivity index (χ1v) is 5.40. The molecular weight excluding hydrogens is 228 g/mol. The van der Waals surface area contributed by atoms with Crippen LogP contribution in [-0.4, -0.2) is 42.6 Å². The predicted molar refractivity (Wildman–Crippen MR) is 59.7 cm³/mol. The Morgan fingerprint density at radius 3 is 2.24 bits per heavy atom. The molecule has 7 heteroatoms. The summed E-state index contributed by atoms with van der Waals surface area (Å²) in [6.45, 7) is 7.00. The normalized spacial score (nSPS) is 13.0. The quantitative estimate of drug-likeness (QED) is 0.234. The number of carbonyl (C=O) groups excluding carboxylic acids is 2. The minimum absolute atomic E-state index is 0.303. The van der Waals surface area contributed by atoms with Gasteiger partial charge in [0.1, 0.15) is 12.3 Å². The smallest absolute Gasteiger partial charge is 0.390 e. The molecule has 0 spiro atoms. The van der Waals surface area contributed by atoms with Gasteiger partial charge < -0.3 is 19.0 Å². The van der Waals surface area contributed by atoms with Crippen LogP contribution in [0.1, 0.15) is 27.7 Å². The molecule has 1 amide bonds. The zero-order valence-electron chi connectivity index (χ0n) is 10.6. The van der Waals surface area contributed by atoms with E-state index in [2.05, 4.69) is 0 Å². The summed E-state index contributed by atoms with van der Waals surface area (Å²) in [6.07, 6.45) is -0.367. The molecule has 0 rings (SSSR count). The number of carbonyl (C=O) groups is 2. The van der Waals surface area contributed by atoms with Crippen LogP contribution in [0.15, 0.2) is 0 Å². The van der Waals surface area contributed by atoms with Crippen LogP contribution >= 0.6 is 0 Å². The van der Waals surface area contributed by atoms with Gasteiger partial charge in [-0.1, -0.05) is 0 Å². The van der Waals surface area contributed by atoms with E-state index in [0.29, 0.717) is 24.5 Å². The van der Waals surface area contributed by atoms with Gasteiger partial charge in [0.2, 0.25) is 0 Å². The summed E-state index contributed by atoms with van der Waals surface area (Å²) in [5.41, 5.74) is 0. The Morgan fingerprint density at radius 2 is 1.88 bits per heavy atom. The Morgan fingerprint density at radius 1 is 1.41 bits per heavy atom. The second-order valence-electron chi connectivity index (χ2n) is 3.38. The van der Waals surface area contributed by atoms with Gasteiger partial charge in [0.25, 0.3) is 0 Å². The molecule has 0 aliphatic rings. The van der Waals surface area contributed by atoms with E-state index < -0.39 is 18.1 Å². The minimum atomic E-state index is -1.50. The van der Waals surface area contributed by atoms with Gasteiger partial charge >= 0.3 is 12.1 Å². The molecule has 2 N–H and O–H groups in total. The maximum absolute atomic E-state index is 11.6. The first kappa shape index (κ1) is 15.8. The summed E-state index contributed by atoms with van der Waals surface area (Å²) < 4.78 is 15.3. The predicted octanol–water partition coefficient (Wildman–Crippen LogP) is 0.633. The number of rotatable bonds is 7. The van der Waals surface area contributed by atoms with Crippen molar-refractivity contribution in [2.24, 2.45) is 5.84 Å². The third-order valence-electron chi connectivity index (χ3n) is 1.93. The Balaban J connectivity index is 4.54. The van der Waals surface area contributed by atoms with Gasteiger partial charge in [0.05, 0.1) is 13.2 Å². The molecule has 0 bridgehead atoms. The molecular formula is C10H20N2O5. The third-order valence-corrected chi connectivity index (χ3v) is 1.93. The number of aldehydes is 1. The lowest BCUT2D eigenvalue weighted by Crippen LogP contribution is -2.49. The fourth-order valence-corrected chi connectivity index (χ4v) is 1.07. The van der Waals surface area contributed by atoms with Gasteiger partial charge in [0, 0.05) is 6.92 Å². The van der Waals surface area contributed by atoms with Crippen LogP contribution in [0.25, 0.3) is 0 Å². The summed E-state index contributed by atoms with van der Waals surface area (Å²) in [6, 6.07) is -0.782. The Kier molecular flexibility index (Phi) is 6.71. The van der Waals surface area contributed by atoms with Gasteiger partial charge in [-0.05, 0) is 20.8 Å². The van der Waals surface area contributed by atoms with Crippen molar-refractivity contribution in [3.05, 3.63) is 0 Å². The van der Waals surface area contributed by atoms with Gasteiger partial charge in [-0.15, -0.1) is 0 Å². The molecule has 0 aromatic rings. The summed E-state index contributed by atoms with van der Waals surface area (Å²) in [5, 5.41) is 0.670. The van der Waals surface area contributed by atoms with Crippen molar-refractivity contribution in [3.63, 3.8) is 0 Å².